The Morgan fingerprint density at radius 2 is 1.48 bits per heavy atom. The van der Waals surface area contributed by atoms with Gasteiger partial charge in [-0.3, -0.25) is 9.59 Å². The van der Waals surface area contributed by atoms with E-state index in [0.29, 0.717) is 34.3 Å². The lowest BCUT2D eigenvalue weighted by Crippen LogP contribution is -2.20. The van der Waals surface area contributed by atoms with Crippen LogP contribution in [-0.4, -0.2) is 26.0 Å². The summed E-state index contributed by atoms with van der Waals surface area (Å²) in [6.07, 6.45) is 0.518. The molecule has 6 nitrogen and oxygen atoms in total. The van der Waals surface area contributed by atoms with Gasteiger partial charge in [-0.2, -0.15) is 0 Å². The second kappa shape index (κ2) is 7.88. The van der Waals surface area contributed by atoms with Crippen molar-refractivity contribution in [1.29, 1.82) is 0 Å². The van der Waals surface area contributed by atoms with Crippen molar-refractivity contribution in [3.63, 3.8) is 0 Å². The van der Waals surface area contributed by atoms with Gasteiger partial charge in [0.05, 0.1) is 26.1 Å². The molecule has 142 valence electrons. The Hall–Kier alpha value is -2.73. The van der Waals surface area contributed by atoms with Crippen molar-refractivity contribution in [1.82, 2.24) is 0 Å². The third-order valence-corrected chi connectivity index (χ3v) is 4.96. The highest BCUT2D eigenvalue weighted by Gasteiger charge is 2.48. The Kier molecular flexibility index (Phi) is 5.56. The molecule has 1 aliphatic carbocycles. The molecular formula is C20H21ClN2O4. The van der Waals surface area contributed by atoms with Crippen molar-refractivity contribution in [3.05, 3.63) is 47.0 Å². The van der Waals surface area contributed by atoms with Gasteiger partial charge in [0.2, 0.25) is 11.8 Å². The highest BCUT2D eigenvalue weighted by atomic mass is 35.5. The first-order valence-corrected chi connectivity index (χ1v) is 8.90. The summed E-state index contributed by atoms with van der Waals surface area (Å²) in [5, 5.41) is 6.22. The van der Waals surface area contributed by atoms with Crippen LogP contribution in [0.5, 0.6) is 11.5 Å². The lowest BCUT2D eigenvalue weighted by atomic mass is 10.2. The number of nitrogens with one attached hydrogen (secondary N) is 2. The fourth-order valence-electron chi connectivity index (χ4n) is 2.83. The maximum Gasteiger partial charge on any atom is 0.228 e. The second-order valence-corrected chi connectivity index (χ2v) is 6.87. The van der Waals surface area contributed by atoms with Crippen LogP contribution >= 0.6 is 11.6 Å². The lowest BCUT2D eigenvalue weighted by Gasteiger charge is -2.10. The third kappa shape index (κ3) is 4.34. The molecule has 3 rings (SSSR count). The summed E-state index contributed by atoms with van der Waals surface area (Å²) in [6.45, 7) is 1.89. The molecule has 2 N–H and O–H groups in total. The standard InChI is InChI=1S/C20H21ClN2O4/c1-11-4-5-12(8-16(11)21)22-19(24)14-10-15(14)20(25)23-13-6-7-17(26-2)18(9-13)27-3/h4-9,14-15H,10H2,1-3H3,(H,22,24)(H,23,25). The average molecular weight is 389 g/mol. The number of anilines is 2. The molecule has 2 unspecified atom stereocenters. The number of carbonyl (C=O) groups excluding carboxylic acids is 2. The second-order valence-electron chi connectivity index (χ2n) is 6.46. The van der Waals surface area contributed by atoms with Gasteiger partial charge in [-0.1, -0.05) is 17.7 Å². The van der Waals surface area contributed by atoms with Gasteiger partial charge in [0.1, 0.15) is 0 Å². The van der Waals surface area contributed by atoms with Crippen molar-refractivity contribution in [3.8, 4) is 11.5 Å². The summed E-state index contributed by atoms with van der Waals surface area (Å²) >= 11 is 6.07. The SMILES string of the molecule is COc1ccc(NC(=O)C2CC2C(=O)Nc2ccc(C)c(Cl)c2)cc1OC. The van der Waals surface area contributed by atoms with Crippen LogP contribution in [-0.2, 0) is 9.59 Å². The van der Waals surface area contributed by atoms with Crippen LogP contribution in [0.2, 0.25) is 5.02 Å². The Morgan fingerprint density at radius 3 is 2.04 bits per heavy atom. The summed E-state index contributed by atoms with van der Waals surface area (Å²) in [5.41, 5.74) is 2.16. The van der Waals surface area contributed by atoms with Crippen molar-refractivity contribution >= 4 is 34.8 Å². The summed E-state index contributed by atoms with van der Waals surface area (Å²) in [4.78, 5) is 24.8. The molecule has 2 aromatic carbocycles. The van der Waals surface area contributed by atoms with Gasteiger partial charge in [-0.15, -0.1) is 0 Å². The molecule has 2 amide bonds. The summed E-state index contributed by atoms with van der Waals surface area (Å²) in [7, 11) is 3.08. The van der Waals surface area contributed by atoms with E-state index in [9.17, 15) is 9.59 Å². The van der Waals surface area contributed by atoms with Crippen LogP contribution in [0.25, 0.3) is 0 Å². The minimum absolute atomic E-state index is 0.178. The number of methoxy groups -OCH3 is 2. The van der Waals surface area contributed by atoms with Gasteiger partial charge in [-0.25, -0.2) is 0 Å². The number of aryl methyl sites for hydroxylation is 1. The number of ether oxygens (including phenoxy) is 2. The number of rotatable bonds is 6. The third-order valence-electron chi connectivity index (χ3n) is 4.55. The van der Waals surface area contributed by atoms with E-state index in [1.54, 1.807) is 37.4 Å². The summed E-state index contributed by atoms with van der Waals surface area (Å²) < 4.78 is 10.4. The smallest absolute Gasteiger partial charge is 0.228 e. The number of hydrogen-bond donors (Lipinski definition) is 2. The topological polar surface area (TPSA) is 76.7 Å². The molecule has 2 aromatic rings. The molecule has 0 saturated heterocycles. The van der Waals surface area contributed by atoms with Crippen LogP contribution in [0.1, 0.15) is 12.0 Å². The van der Waals surface area contributed by atoms with Gasteiger partial charge in [-0.05, 0) is 43.2 Å². The first-order valence-electron chi connectivity index (χ1n) is 8.53. The van der Waals surface area contributed by atoms with Crippen LogP contribution < -0.4 is 20.1 Å². The Morgan fingerprint density at radius 1 is 0.926 bits per heavy atom. The van der Waals surface area contributed by atoms with E-state index in [-0.39, 0.29) is 23.7 Å². The zero-order valence-corrected chi connectivity index (χ0v) is 16.1. The zero-order valence-electron chi connectivity index (χ0n) is 15.3. The minimum atomic E-state index is -0.348. The normalized spacial score (nSPS) is 17.8. The van der Waals surface area contributed by atoms with Gasteiger partial charge in [0, 0.05) is 22.5 Å². The molecule has 0 radical (unpaired) electrons. The lowest BCUT2D eigenvalue weighted by molar-refractivity contribution is -0.122. The molecule has 27 heavy (non-hydrogen) atoms. The van der Waals surface area contributed by atoms with E-state index in [2.05, 4.69) is 10.6 Å². The predicted octanol–water partition coefficient (Wildman–Crippen LogP) is 3.88. The van der Waals surface area contributed by atoms with E-state index in [1.165, 1.54) is 7.11 Å². The quantitative estimate of drug-likeness (QED) is 0.787. The van der Waals surface area contributed by atoms with Crippen LogP contribution in [0, 0.1) is 18.8 Å². The molecular weight excluding hydrogens is 368 g/mol. The van der Waals surface area contributed by atoms with Gasteiger partial charge in [0.15, 0.2) is 11.5 Å². The van der Waals surface area contributed by atoms with Crippen LogP contribution in [0.4, 0.5) is 11.4 Å². The average Bonchev–Trinajstić information content (AvgIpc) is 3.45. The largest absolute Gasteiger partial charge is 0.493 e. The molecule has 1 aliphatic rings. The molecule has 0 heterocycles. The maximum atomic E-state index is 12.4. The minimum Gasteiger partial charge on any atom is -0.493 e. The fraction of sp³-hybridized carbons (Fsp3) is 0.300. The molecule has 0 aliphatic heterocycles. The first-order chi connectivity index (χ1) is 12.9. The van der Waals surface area contributed by atoms with Gasteiger partial charge in [0.25, 0.3) is 0 Å². The zero-order chi connectivity index (χ0) is 19.6. The Labute approximate surface area is 162 Å². The van der Waals surface area contributed by atoms with Crippen LogP contribution in [0.15, 0.2) is 36.4 Å². The Bertz CT molecular complexity index is 884. The number of hydrogen-bond acceptors (Lipinski definition) is 4. The number of amides is 2. The van der Waals surface area contributed by atoms with Gasteiger partial charge < -0.3 is 20.1 Å². The number of carbonyl (C=O) groups is 2. The summed E-state index contributed by atoms with van der Waals surface area (Å²) in [5.74, 6) is 0.0449. The van der Waals surface area contributed by atoms with Crippen LogP contribution in [0.3, 0.4) is 0 Å². The molecule has 0 aromatic heterocycles. The molecule has 2 atom stereocenters. The molecule has 1 fully saturated rings. The predicted molar refractivity (Wildman–Crippen MR) is 105 cm³/mol. The van der Waals surface area contributed by atoms with E-state index >= 15 is 0 Å². The molecule has 0 spiro atoms. The van der Waals surface area contributed by atoms with Crippen molar-refractivity contribution < 1.29 is 19.1 Å². The van der Waals surface area contributed by atoms with Gasteiger partial charge >= 0.3 is 0 Å². The van der Waals surface area contributed by atoms with Crippen molar-refractivity contribution in [2.45, 2.75) is 13.3 Å². The Balaban J connectivity index is 1.58. The highest BCUT2D eigenvalue weighted by Crippen LogP contribution is 2.41. The van der Waals surface area contributed by atoms with Crippen molar-refractivity contribution in [2.24, 2.45) is 11.8 Å². The monoisotopic (exact) mass is 388 g/mol. The maximum absolute atomic E-state index is 12.4. The molecule has 7 heteroatoms. The highest BCUT2D eigenvalue weighted by molar-refractivity contribution is 6.31. The number of benzene rings is 2. The summed E-state index contributed by atoms with van der Waals surface area (Å²) in [6, 6.07) is 10.5. The van der Waals surface area contributed by atoms with E-state index < -0.39 is 0 Å². The van der Waals surface area contributed by atoms with E-state index in [1.807, 2.05) is 13.0 Å². The molecule has 1 saturated carbocycles. The molecule has 0 bridgehead atoms. The first kappa shape index (κ1) is 19.0. The number of halogens is 1. The van der Waals surface area contributed by atoms with E-state index in [0.717, 1.165) is 5.56 Å². The van der Waals surface area contributed by atoms with Crippen molar-refractivity contribution in [2.75, 3.05) is 24.9 Å². The fourth-order valence-corrected chi connectivity index (χ4v) is 3.01. The van der Waals surface area contributed by atoms with E-state index in [4.69, 9.17) is 21.1 Å².